The van der Waals surface area contributed by atoms with Crippen molar-refractivity contribution in [3.63, 3.8) is 0 Å². The van der Waals surface area contributed by atoms with E-state index in [1.165, 1.54) is 0 Å². The Morgan fingerprint density at radius 1 is 1.00 bits per heavy atom. The molecular formula is C10H22O3. The van der Waals surface area contributed by atoms with Crippen molar-refractivity contribution in [2.75, 3.05) is 13.2 Å². The summed E-state index contributed by atoms with van der Waals surface area (Å²) in [6.45, 7) is 2.32. The van der Waals surface area contributed by atoms with Crippen LogP contribution in [-0.2, 0) is 0 Å². The first-order chi connectivity index (χ1) is 6.26. The van der Waals surface area contributed by atoms with Gasteiger partial charge < -0.3 is 15.3 Å². The highest BCUT2D eigenvalue weighted by Crippen LogP contribution is 2.18. The number of hydrogen-bond donors (Lipinski definition) is 3. The highest BCUT2D eigenvalue weighted by Gasteiger charge is 2.16. The van der Waals surface area contributed by atoms with E-state index in [1.54, 1.807) is 0 Å². The van der Waals surface area contributed by atoms with Gasteiger partial charge in [-0.1, -0.05) is 13.3 Å². The molecule has 0 bridgehead atoms. The lowest BCUT2D eigenvalue weighted by Gasteiger charge is -2.21. The Bertz CT molecular complexity index is 106. The second kappa shape index (κ2) is 8.48. The molecule has 0 aromatic carbocycles. The van der Waals surface area contributed by atoms with E-state index in [4.69, 9.17) is 10.2 Å². The summed E-state index contributed by atoms with van der Waals surface area (Å²) in [6, 6.07) is 0. The molecular weight excluding hydrogens is 168 g/mol. The molecule has 0 saturated carbocycles. The van der Waals surface area contributed by atoms with E-state index in [-0.39, 0.29) is 25.2 Å². The molecule has 3 N–H and O–H groups in total. The molecule has 2 unspecified atom stereocenters. The van der Waals surface area contributed by atoms with Crippen LogP contribution in [0.4, 0.5) is 0 Å². The van der Waals surface area contributed by atoms with Gasteiger partial charge in [0, 0.05) is 13.2 Å². The van der Waals surface area contributed by atoms with E-state index in [1.807, 2.05) is 6.92 Å². The van der Waals surface area contributed by atoms with Crippen molar-refractivity contribution in [1.29, 1.82) is 0 Å². The molecule has 0 aliphatic heterocycles. The first kappa shape index (κ1) is 12.9. The van der Waals surface area contributed by atoms with Gasteiger partial charge in [-0.25, -0.2) is 0 Å². The van der Waals surface area contributed by atoms with Gasteiger partial charge in [0.2, 0.25) is 0 Å². The van der Waals surface area contributed by atoms with Crippen LogP contribution in [0.5, 0.6) is 0 Å². The summed E-state index contributed by atoms with van der Waals surface area (Å²) in [7, 11) is 0. The Kier molecular flexibility index (Phi) is 8.40. The zero-order valence-corrected chi connectivity index (χ0v) is 8.45. The van der Waals surface area contributed by atoms with Crippen molar-refractivity contribution in [2.24, 2.45) is 5.92 Å². The zero-order valence-electron chi connectivity index (χ0n) is 8.45. The smallest absolute Gasteiger partial charge is 0.0569 e. The average Bonchev–Trinajstić information content (AvgIpc) is 2.12. The second-order valence-electron chi connectivity index (χ2n) is 3.49. The summed E-state index contributed by atoms with van der Waals surface area (Å²) in [4.78, 5) is 0. The predicted molar refractivity (Wildman–Crippen MR) is 52.4 cm³/mol. The summed E-state index contributed by atoms with van der Waals surface area (Å²) >= 11 is 0. The minimum Gasteiger partial charge on any atom is -0.396 e. The lowest BCUT2D eigenvalue weighted by Crippen LogP contribution is -2.21. The minimum atomic E-state index is -0.316. The fraction of sp³-hybridized carbons (Fsp3) is 1.00. The fourth-order valence-electron chi connectivity index (χ4n) is 1.58. The zero-order chi connectivity index (χ0) is 10.1. The number of hydrogen-bond acceptors (Lipinski definition) is 3. The Balaban J connectivity index is 3.75. The van der Waals surface area contributed by atoms with Crippen LogP contribution < -0.4 is 0 Å². The largest absolute Gasteiger partial charge is 0.396 e. The molecule has 0 spiro atoms. The van der Waals surface area contributed by atoms with E-state index in [0.717, 1.165) is 19.3 Å². The quantitative estimate of drug-likeness (QED) is 0.533. The normalized spacial score (nSPS) is 15.7. The molecule has 3 heteroatoms. The van der Waals surface area contributed by atoms with Gasteiger partial charge in [0.25, 0.3) is 0 Å². The van der Waals surface area contributed by atoms with E-state index in [0.29, 0.717) is 12.8 Å². The molecule has 2 atom stereocenters. The predicted octanol–water partition coefficient (Wildman–Crippen LogP) is 0.918. The van der Waals surface area contributed by atoms with Gasteiger partial charge in [0.15, 0.2) is 0 Å². The lowest BCUT2D eigenvalue weighted by atomic mass is 9.91. The van der Waals surface area contributed by atoms with Gasteiger partial charge in [-0.15, -0.1) is 0 Å². The molecule has 80 valence electrons. The van der Waals surface area contributed by atoms with Crippen LogP contribution in [0.15, 0.2) is 0 Å². The molecule has 0 aromatic heterocycles. The molecule has 0 aliphatic carbocycles. The van der Waals surface area contributed by atoms with Crippen LogP contribution >= 0.6 is 0 Å². The number of rotatable bonds is 8. The molecule has 0 aliphatic rings. The lowest BCUT2D eigenvalue weighted by molar-refractivity contribution is 0.0722. The molecule has 0 amide bonds. The standard InChI is InChI=1S/C10H22O3/c1-2-4-10(13)9(6-8-12)5-3-7-11/h9-13H,2-8H2,1H3. The van der Waals surface area contributed by atoms with E-state index < -0.39 is 0 Å². The van der Waals surface area contributed by atoms with Gasteiger partial charge in [-0.3, -0.25) is 0 Å². The van der Waals surface area contributed by atoms with Crippen LogP contribution in [-0.4, -0.2) is 34.6 Å². The number of aliphatic hydroxyl groups is 3. The monoisotopic (exact) mass is 190 g/mol. The topological polar surface area (TPSA) is 60.7 Å². The summed E-state index contributed by atoms with van der Waals surface area (Å²) < 4.78 is 0. The first-order valence-electron chi connectivity index (χ1n) is 5.16. The maximum atomic E-state index is 9.67. The fourth-order valence-corrected chi connectivity index (χ4v) is 1.58. The third-order valence-corrected chi connectivity index (χ3v) is 2.36. The molecule has 0 radical (unpaired) electrons. The first-order valence-corrected chi connectivity index (χ1v) is 5.16. The van der Waals surface area contributed by atoms with Crippen molar-refractivity contribution in [2.45, 2.75) is 45.1 Å². The third kappa shape index (κ3) is 6.02. The van der Waals surface area contributed by atoms with Crippen LogP contribution in [0.1, 0.15) is 39.0 Å². The van der Waals surface area contributed by atoms with Gasteiger partial charge in [-0.05, 0) is 31.6 Å². The van der Waals surface area contributed by atoms with Crippen LogP contribution in [0.2, 0.25) is 0 Å². The van der Waals surface area contributed by atoms with Gasteiger partial charge >= 0.3 is 0 Å². The second-order valence-corrected chi connectivity index (χ2v) is 3.49. The Morgan fingerprint density at radius 3 is 2.15 bits per heavy atom. The Labute approximate surface area is 80.4 Å². The Morgan fingerprint density at radius 2 is 1.69 bits per heavy atom. The summed E-state index contributed by atoms with van der Waals surface area (Å²) in [6.07, 6.45) is 3.59. The number of aliphatic hydroxyl groups excluding tert-OH is 3. The molecule has 13 heavy (non-hydrogen) atoms. The van der Waals surface area contributed by atoms with Crippen molar-refractivity contribution < 1.29 is 15.3 Å². The average molecular weight is 190 g/mol. The van der Waals surface area contributed by atoms with Gasteiger partial charge in [-0.2, -0.15) is 0 Å². The Hall–Kier alpha value is -0.120. The van der Waals surface area contributed by atoms with E-state index in [9.17, 15) is 5.11 Å². The van der Waals surface area contributed by atoms with Crippen LogP contribution in [0.25, 0.3) is 0 Å². The van der Waals surface area contributed by atoms with Crippen LogP contribution in [0.3, 0.4) is 0 Å². The maximum Gasteiger partial charge on any atom is 0.0569 e. The van der Waals surface area contributed by atoms with Crippen molar-refractivity contribution in [3.8, 4) is 0 Å². The van der Waals surface area contributed by atoms with Crippen molar-refractivity contribution in [3.05, 3.63) is 0 Å². The maximum absolute atomic E-state index is 9.67. The van der Waals surface area contributed by atoms with Crippen molar-refractivity contribution in [1.82, 2.24) is 0 Å². The molecule has 3 nitrogen and oxygen atoms in total. The molecule has 0 fully saturated rings. The van der Waals surface area contributed by atoms with Gasteiger partial charge in [0.05, 0.1) is 6.10 Å². The summed E-state index contributed by atoms with van der Waals surface area (Å²) in [5, 5.41) is 27.1. The van der Waals surface area contributed by atoms with Crippen LogP contribution in [0, 0.1) is 5.92 Å². The highest BCUT2D eigenvalue weighted by atomic mass is 16.3. The molecule has 0 saturated heterocycles. The summed E-state index contributed by atoms with van der Waals surface area (Å²) in [5.74, 6) is 0.150. The summed E-state index contributed by atoms with van der Waals surface area (Å²) in [5.41, 5.74) is 0. The van der Waals surface area contributed by atoms with E-state index in [2.05, 4.69) is 0 Å². The third-order valence-electron chi connectivity index (χ3n) is 2.36. The molecule has 0 rings (SSSR count). The molecule has 0 heterocycles. The van der Waals surface area contributed by atoms with E-state index >= 15 is 0 Å². The van der Waals surface area contributed by atoms with Crippen molar-refractivity contribution >= 4 is 0 Å². The van der Waals surface area contributed by atoms with Gasteiger partial charge in [0.1, 0.15) is 0 Å². The SMILES string of the molecule is CCCC(O)C(CCO)CCCO. The highest BCUT2D eigenvalue weighted by molar-refractivity contribution is 4.68. The minimum absolute atomic E-state index is 0.122. The molecule has 0 aromatic rings.